The van der Waals surface area contributed by atoms with Crippen LogP contribution < -0.4 is 29.2 Å². The van der Waals surface area contributed by atoms with Crippen LogP contribution in [-0.2, 0) is 6.61 Å². The Hall–Kier alpha value is -3.18. The second-order valence-electron chi connectivity index (χ2n) is 10.5. The van der Waals surface area contributed by atoms with Gasteiger partial charge in [-0.2, -0.15) is 0 Å². The van der Waals surface area contributed by atoms with E-state index in [0.717, 1.165) is 43.3 Å². The summed E-state index contributed by atoms with van der Waals surface area (Å²) in [6, 6.07) is 8.41. The Morgan fingerprint density at radius 3 is 2.05 bits per heavy atom. The highest BCUT2D eigenvalue weighted by Gasteiger charge is 2.28. The van der Waals surface area contributed by atoms with Crippen LogP contribution in [0.2, 0.25) is 10.0 Å². The predicted molar refractivity (Wildman–Crippen MR) is 167 cm³/mol. The lowest BCUT2D eigenvalue weighted by molar-refractivity contribution is 0.0981. The van der Waals surface area contributed by atoms with Gasteiger partial charge in [-0.05, 0) is 32.0 Å². The third-order valence-electron chi connectivity index (χ3n) is 7.97. The zero-order valence-corrected chi connectivity index (χ0v) is 26.0. The Labute approximate surface area is 257 Å². The Bertz CT molecular complexity index is 1320. The van der Waals surface area contributed by atoms with Gasteiger partial charge in [-0.25, -0.2) is 9.97 Å². The lowest BCUT2D eigenvalue weighted by atomic mass is 10.0. The van der Waals surface area contributed by atoms with Crippen molar-refractivity contribution in [1.82, 2.24) is 19.8 Å². The van der Waals surface area contributed by atoms with E-state index < -0.39 is 0 Å². The van der Waals surface area contributed by atoms with Crippen LogP contribution in [0.3, 0.4) is 0 Å². The summed E-state index contributed by atoms with van der Waals surface area (Å²) < 4.78 is 22.3. The molecular formula is C30H38Cl2N6O4. The number of nitrogens with zero attached hydrogens (tertiary/aromatic N) is 5. The number of benzene rings is 2. The average Bonchev–Trinajstić information content (AvgIpc) is 3.02. The molecular weight excluding hydrogens is 579 g/mol. The molecule has 1 aromatic heterocycles. The van der Waals surface area contributed by atoms with Gasteiger partial charge in [0.2, 0.25) is 5.95 Å². The SMILES string of the molecule is COc1cc(Nc2ncc(OCc3c(Cl)c(OC)cc(OC)c3Cl)cn2)ccc1N1CCC(N2CCN(C)CC2)CC1. The van der Waals surface area contributed by atoms with Crippen molar-refractivity contribution in [3.8, 4) is 23.0 Å². The fourth-order valence-corrected chi connectivity index (χ4v) is 6.09. The number of piperazine rings is 1. The second kappa shape index (κ2) is 13.9. The number of hydrogen-bond acceptors (Lipinski definition) is 10. The fourth-order valence-electron chi connectivity index (χ4n) is 5.48. The Balaban J connectivity index is 1.18. The quantitative estimate of drug-likeness (QED) is 0.322. The van der Waals surface area contributed by atoms with Crippen molar-refractivity contribution in [3.05, 3.63) is 52.3 Å². The van der Waals surface area contributed by atoms with Gasteiger partial charge in [0.1, 0.15) is 23.9 Å². The molecule has 3 aromatic rings. The van der Waals surface area contributed by atoms with E-state index in [2.05, 4.69) is 43.1 Å². The van der Waals surface area contributed by atoms with E-state index in [9.17, 15) is 0 Å². The van der Waals surface area contributed by atoms with Gasteiger partial charge in [0, 0.05) is 68.7 Å². The summed E-state index contributed by atoms with van der Waals surface area (Å²) in [5, 5.41) is 3.97. The van der Waals surface area contributed by atoms with Crippen molar-refractivity contribution in [2.45, 2.75) is 25.5 Å². The fraction of sp³-hybridized carbons (Fsp3) is 0.467. The molecule has 0 spiro atoms. The van der Waals surface area contributed by atoms with E-state index in [4.69, 9.17) is 42.1 Å². The summed E-state index contributed by atoms with van der Waals surface area (Å²) >= 11 is 12.9. The maximum Gasteiger partial charge on any atom is 0.227 e. The molecule has 3 heterocycles. The predicted octanol–water partition coefficient (Wildman–Crippen LogP) is 5.35. The van der Waals surface area contributed by atoms with Crippen LogP contribution in [-0.4, -0.2) is 93.5 Å². The third-order valence-corrected chi connectivity index (χ3v) is 8.80. The number of hydrogen-bond donors (Lipinski definition) is 1. The zero-order chi connectivity index (χ0) is 29.6. The number of rotatable bonds is 10. The molecule has 0 amide bonds. The third kappa shape index (κ3) is 6.89. The second-order valence-corrected chi connectivity index (χ2v) is 11.2. The Morgan fingerprint density at radius 1 is 0.833 bits per heavy atom. The summed E-state index contributed by atoms with van der Waals surface area (Å²) in [6.45, 7) is 6.77. The van der Waals surface area contributed by atoms with Crippen molar-refractivity contribution < 1.29 is 18.9 Å². The standard InChI is InChI=1S/C30H38Cl2N6O4/c1-36-11-13-37(14-12-36)21-7-9-38(10-8-21)24-6-5-20(15-25(24)39-2)35-30-33-17-22(18-34-30)42-19-23-28(31)26(40-3)16-27(41-4)29(23)32/h5-6,15-18,21H,7-14,19H2,1-4H3,(H,33,34,35). The minimum absolute atomic E-state index is 0.0899. The molecule has 2 fully saturated rings. The molecule has 226 valence electrons. The van der Waals surface area contributed by atoms with Gasteiger partial charge in [0.15, 0.2) is 5.75 Å². The maximum atomic E-state index is 6.45. The van der Waals surface area contributed by atoms with Crippen LogP contribution in [0.25, 0.3) is 0 Å². The van der Waals surface area contributed by atoms with E-state index >= 15 is 0 Å². The monoisotopic (exact) mass is 616 g/mol. The molecule has 0 radical (unpaired) electrons. The number of methoxy groups -OCH3 is 3. The molecule has 2 aromatic carbocycles. The van der Waals surface area contributed by atoms with Crippen molar-refractivity contribution in [1.29, 1.82) is 0 Å². The van der Waals surface area contributed by atoms with Crippen LogP contribution in [0.1, 0.15) is 18.4 Å². The number of nitrogens with one attached hydrogen (secondary N) is 1. The van der Waals surface area contributed by atoms with Crippen LogP contribution in [0.4, 0.5) is 17.3 Å². The van der Waals surface area contributed by atoms with E-state index in [-0.39, 0.29) is 6.61 Å². The van der Waals surface area contributed by atoms with Gasteiger partial charge >= 0.3 is 0 Å². The topological polar surface area (TPSA) is 84.4 Å². The minimum Gasteiger partial charge on any atom is -0.495 e. The van der Waals surface area contributed by atoms with Crippen LogP contribution in [0.5, 0.6) is 23.0 Å². The van der Waals surface area contributed by atoms with E-state index in [1.165, 1.54) is 40.2 Å². The first-order chi connectivity index (χ1) is 20.4. The minimum atomic E-state index is 0.0899. The van der Waals surface area contributed by atoms with Gasteiger partial charge in [-0.15, -0.1) is 0 Å². The number of piperidine rings is 1. The van der Waals surface area contributed by atoms with Crippen LogP contribution >= 0.6 is 23.2 Å². The highest BCUT2D eigenvalue weighted by atomic mass is 35.5. The zero-order valence-electron chi connectivity index (χ0n) is 24.5. The molecule has 2 saturated heterocycles. The van der Waals surface area contributed by atoms with Crippen molar-refractivity contribution in [3.63, 3.8) is 0 Å². The van der Waals surface area contributed by atoms with Crippen LogP contribution in [0.15, 0.2) is 36.7 Å². The number of halogens is 2. The summed E-state index contributed by atoms with van der Waals surface area (Å²) in [5.41, 5.74) is 2.49. The molecule has 5 rings (SSSR count). The molecule has 10 nitrogen and oxygen atoms in total. The van der Waals surface area contributed by atoms with Crippen molar-refractivity contribution >= 4 is 40.5 Å². The molecule has 2 aliphatic heterocycles. The first-order valence-electron chi connectivity index (χ1n) is 14.1. The smallest absolute Gasteiger partial charge is 0.227 e. The molecule has 0 atom stereocenters. The lowest BCUT2D eigenvalue weighted by Crippen LogP contribution is -2.52. The summed E-state index contributed by atoms with van der Waals surface area (Å²) in [7, 11) is 6.97. The number of aromatic nitrogens is 2. The van der Waals surface area contributed by atoms with Gasteiger partial charge in [0.05, 0.1) is 49.5 Å². The largest absolute Gasteiger partial charge is 0.495 e. The van der Waals surface area contributed by atoms with E-state index in [1.807, 2.05) is 12.1 Å². The van der Waals surface area contributed by atoms with E-state index in [0.29, 0.717) is 44.8 Å². The Morgan fingerprint density at radius 2 is 1.45 bits per heavy atom. The number of anilines is 3. The van der Waals surface area contributed by atoms with Crippen molar-refractivity contribution in [2.75, 3.05) is 77.9 Å². The summed E-state index contributed by atoms with van der Waals surface area (Å²) in [4.78, 5) is 16.3. The highest BCUT2D eigenvalue weighted by molar-refractivity contribution is 6.37. The number of likely N-dealkylation sites (N-methyl/N-ethyl adjacent to an activating group) is 1. The molecule has 12 heteroatoms. The molecule has 0 unspecified atom stereocenters. The average molecular weight is 618 g/mol. The molecule has 2 aliphatic rings. The molecule has 42 heavy (non-hydrogen) atoms. The van der Waals surface area contributed by atoms with Crippen molar-refractivity contribution in [2.24, 2.45) is 0 Å². The summed E-state index contributed by atoms with van der Waals surface area (Å²) in [6.07, 6.45) is 5.51. The first-order valence-corrected chi connectivity index (χ1v) is 14.8. The molecule has 0 aliphatic carbocycles. The highest BCUT2D eigenvalue weighted by Crippen LogP contribution is 2.41. The molecule has 1 N–H and O–H groups in total. The van der Waals surface area contributed by atoms with Crippen LogP contribution in [0, 0.1) is 0 Å². The van der Waals surface area contributed by atoms with Gasteiger partial charge < -0.3 is 34.1 Å². The van der Waals surface area contributed by atoms with Gasteiger partial charge in [-0.3, -0.25) is 4.90 Å². The van der Waals surface area contributed by atoms with E-state index in [1.54, 1.807) is 25.6 Å². The maximum absolute atomic E-state index is 6.45. The first kappa shape index (κ1) is 30.3. The molecule has 0 bridgehead atoms. The molecule has 0 saturated carbocycles. The summed E-state index contributed by atoms with van der Waals surface area (Å²) in [5.74, 6) is 2.61. The Kier molecular flexibility index (Phi) is 9.99. The normalized spacial score (nSPS) is 16.8. The van der Waals surface area contributed by atoms with Gasteiger partial charge in [-0.1, -0.05) is 23.2 Å². The number of ether oxygens (including phenoxy) is 4. The van der Waals surface area contributed by atoms with Gasteiger partial charge in [0.25, 0.3) is 0 Å². The lowest BCUT2D eigenvalue weighted by Gasteiger charge is -2.42.